The fraction of sp³-hybridized carbons (Fsp3) is 0.571. The van der Waals surface area contributed by atoms with Crippen molar-refractivity contribution in [3.05, 3.63) is 29.3 Å². The van der Waals surface area contributed by atoms with Gasteiger partial charge in [-0.1, -0.05) is 13.8 Å². The van der Waals surface area contributed by atoms with Crippen LogP contribution in [0.1, 0.15) is 13.8 Å². The van der Waals surface area contributed by atoms with Crippen LogP contribution < -0.4 is 10.2 Å². The predicted molar refractivity (Wildman–Crippen MR) is 69.7 cm³/mol. The minimum atomic E-state index is -1.36. The first-order chi connectivity index (χ1) is 9.40. The van der Waals surface area contributed by atoms with E-state index in [1.165, 1.54) is 4.90 Å². The minimum Gasteiger partial charge on any atom is -0.366 e. The Bertz CT molecular complexity index is 454. The van der Waals surface area contributed by atoms with Crippen LogP contribution >= 0.6 is 0 Å². The Morgan fingerprint density at radius 3 is 1.85 bits per heavy atom. The van der Waals surface area contributed by atoms with Crippen LogP contribution in [-0.2, 0) is 0 Å². The number of nitrogens with zero attached hydrogens (tertiary/aromatic N) is 1. The molecular formula is C14H18F4N2. The molecule has 0 bridgehead atoms. The fourth-order valence-corrected chi connectivity index (χ4v) is 2.55. The number of rotatable bonds is 1. The summed E-state index contributed by atoms with van der Waals surface area (Å²) in [6, 6.07) is 0.243. The summed E-state index contributed by atoms with van der Waals surface area (Å²) in [4.78, 5) is 1.41. The maximum Gasteiger partial charge on any atom is 0.185 e. The van der Waals surface area contributed by atoms with Gasteiger partial charge in [-0.25, -0.2) is 17.6 Å². The maximum atomic E-state index is 13.9. The molecule has 0 saturated carbocycles. The van der Waals surface area contributed by atoms with Gasteiger partial charge in [0.25, 0.3) is 0 Å². The quantitative estimate of drug-likeness (QED) is 0.632. The minimum absolute atomic E-state index is 0.118. The topological polar surface area (TPSA) is 15.3 Å². The van der Waals surface area contributed by atoms with E-state index in [1.54, 1.807) is 0 Å². The van der Waals surface area contributed by atoms with Crippen LogP contribution in [0.25, 0.3) is 0 Å². The lowest BCUT2D eigenvalue weighted by Crippen LogP contribution is -2.43. The molecule has 1 aromatic rings. The van der Waals surface area contributed by atoms with Crippen molar-refractivity contribution in [2.45, 2.75) is 13.8 Å². The second-order valence-electron chi connectivity index (χ2n) is 5.59. The van der Waals surface area contributed by atoms with E-state index in [1.807, 2.05) is 13.8 Å². The average Bonchev–Trinajstić information content (AvgIpc) is 2.34. The summed E-state index contributed by atoms with van der Waals surface area (Å²) in [6.07, 6.45) is 0. The van der Waals surface area contributed by atoms with Crippen LogP contribution in [-0.4, -0.2) is 26.2 Å². The Morgan fingerprint density at radius 1 is 0.950 bits per heavy atom. The largest absolute Gasteiger partial charge is 0.366 e. The Labute approximate surface area is 115 Å². The normalized spacial score (nSPS) is 24.4. The monoisotopic (exact) mass is 290 g/mol. The van der Waals surface area contributed by atoms with Crippen LogP contribution in [0.4, 0.5) is 23.2 Å². The molecular weight excluding hydrogens is 272 g/mol. The molecule has 0 spiro atoms. The molecule has 20 heavy (non-hydrogen) atoms. The van der Waals surface area contributed by atoms with Crippen molar-refractivity contribution in [2.24, 2.45) is 11.8 Å². The van der Waals surface area contributed by atoms with Crippen molar-refractivity contribution in [1.29, 1.82) is 0 Å². The van der Waals surface area contributed by atoms with E-state index < -0.39 is 29.0 Å². The van der Waals surface area contributed by atoms with Gasteiger partial charge in [0.1, 0.15) is 5.69 Å². The highest BCUT2D eigenvalue weighted by Crippen LogP contribution is 2.29. The third-order valence-corrected chi connectivity index (χ3v) is 3.45. The van der Waals surface area contributed by atoms with Crippen molar-refractivity contribution in [2.75, 3.05) is 31.1 Å². The van der Waals surface area contributed by atoms with Gasteiger partial charge < -0.3 is 10.2 Å². The zero-order valence-electron chi connectivity index (χ0n) is 11.5. The first-order valence-corrected chi connectivity index (χ1v) is 6.68. The lowest BCUT2D eigenvalue weighted by Gasteiger charge is -2.33. The van der Waals surface area contributed by atoms with Crippen LogP contribution in [0.15, 0.2) is 6.07 Å². The molecule has 2 unspecified atom stereocenters. The van der Waals surface area contributed by atoms with Gasteiger partial charge in [-0.2, -0.15) is 0 Å². The molecule has 1 fully saturated rings. The van der Waals surface area contributed by atoms with E-state index in [0.717, 1.165) is 0 Å². The predicted octanol–water partition coefficient (Wildman–Crippen LogP) is 2.92. The summed E-state index contributed by atoms with van der Waals surface area (Å²) in [5.41, 5.74) is -0.594. The van der Waals surface area contributed by atoms with E-state index in [0.29, 0.717) is 26.2 Å². The summed E-state index contributed by atoms with van der Waals surface area (Å²) in [5, 5.41) is 3.25. The Kier molecular flexibility index (Phi) is 4.52. The lowest BCUT2D eigenvalue weighted by molar-refractivity contribution is 0.395. The molecule has 1 N–H and O–H groups in total. The number of halogens is 4. The molecule has 2 nitrogen and oxygen atoms in total. The van der Waals surface area contributed by atoms with Gasteiger partial charge in [0, 0.05) is 19.2 Å². The number of hydrogen-bond donors (Lipinski definition) is 1. The molecule has 2 rings (SSSR count). The van der Waals surface area contributed by atoms with Gasteiger partial charge in [-0.05, 0) is 24.9 Å². The van der Waals surface area contributed by atoms with Crippen LogP contribution in [0.2, 0.25) is 0 Å². The lowest BCUT2D eigenvalue weighted by atomic mass is 10.0. The smallest absolute Gasteiger partial charge is 0.185 e. The summed E-state index contributed by atoms with van der Waals surface area (Å²) in [7, 11) is 0. The summed E-state index contributed by atoms with van der Waals surface area (Å²) in [6.45, 7) is 5.91. The third-order valence-electron chi connectivity index (χ3n) is 3.45. The molecule has 112 valence electrons. The van der Waals surface area contributed by atoms with E-state index in [-0.39, 0.29) is 17.9 Å². The molecule has 1 saturated heterocycles. The van der Waals surface area contributed by atoms with E-state index in [9.17, 15) is 17.6 Å². The van der Waals surface area contributed by atoms with Crippen LogP contribution in [0.5, 0.6) is 0 Å². The zero-order valence-corrected chi connectivity index (χ0v) is 11.5. The summed E-state index contributed by atoms with van der Waals surface area (Å²) in [5.74, 6) is -5.13. The molecule has 1 aliphatic heterocycles. The average molecular weight is 290 g/mol. The van der Waals surface area contributed by atoms with Gasteiger partial charge in [-0.3, -0.25) is 0 Å². The SMILES string of the molecule is CC1CNCC(C)CN(c2c(F)c(F)cc(F)c2F)C1. The van der Waals surface area contributed by atoms with Crippen LogP contribution in [0.3, 0.4) is 0 Å². The number of anilines is 1. The highest BCUT2D eigenvalue weighted by molar-refractivity contribution is 5.50. The Hall–Kier alpha value is -1.30. The van der Waals surface area contributed by atoms with E-state index >= 15 is 0 Å². The van der Waals surface area contributed by atoms with Crippen molar-refractivity contribution in [3.63, 3.8) is 0 Å². The molecule has 6 heteroatoms. The van der Waals surface area contributed by atoms with E-state index in [2.05, 4.69) is 5.32 Å². The van der Waals surface area contributed by atoms with Crippen molar-refractivity contribution in [3.8, 4) is 0 Å². The molecule has 1 aliphatic rings. The second-order valence-corrected chi connectivity index (χ2v) is 5.59. The highest BCUT2D eigenvalue weighted by atomic mass is 19.2. The maximum absolute atomic E-state index is 13.9. The van der Waals surface area contributed by atoms with Gasteiger partial charge in [0.05, 0.1) is 0 Å². The van der Waals surface area contributed by atoms with Crippen molar-refractivity contribution >= 4 is 5.69 Å². The summed E-state index contributed by atoms with van der Waals surface area (Å²) >= 11 is 0. The van der Waals surface area contributed by atoms with E-state index in [4.69, 9.17) is 0 Å². The Balaban J connectivity index is 2.41. The van der Waals surface area contributed by atoms with Crippen molar-refractivity contribution < 1.29 is 17.6 Å². The molecule has 1 heterocycles. The van der Waals surface area contributed by atoms with Gasteiger partial charge >= 0.3 is 0 Å². The molecule has 1 aromatic carbocycles. The highest BCUT2D eigenvalue weighted by Gasteiger charge is 2.27. The standard InChI is InChI=1S/C14H18F4N2/c1-8-4-19-5-9(2)7-20(6-8)14-12(17)10(15)3-11(16)13(14)18/h3,8-9,19H,4-7H2,1-2H3. The van der Waals surface area contributed by atoms with Gasteiger partial charge in [0.15, 0.2) is 23.3 Å². The van der Waals surface area contributed by atoms with Crippen LogP contribution in [0, 0.1) is 35.1 Å². The number of benzene rings is 1. The molecule has 0 amide bonds. The summed E-state index contributed by atoms with van der Waals surface area (Å²) < 4.78 is 54.4. The molecule has 0 aliphatic carbocycles. The second kappa shape index (κ2) is 5.99. The zero-order chi connectivity index (χ0) is 14.9. The third kappa shape index (κ3) is 3.06. The Morgan fingerprint density at radius 2 is 1.40 bits per heavy atom. The van der Waals surface area contributed by atoms with Gasteiger partial charge in [0.2, 0.25) is 0 Å². The number of hydrogen-bond acceptors (Lipinski definition) is 2. The number of nitrogens with one attached hydrogen (secondary N) is 1. The molecule has 0 radical (unpaired) electrons. The molecule has 2 atom stereocenters. The van der Waals surface area contributed by atoms with Gasteiger partial charge in [-0.15, -0.1) is 0 Å². The van der Waals surface area contributed by atoms with Crippen molar-refractivity contribution in [1.82, 2.24) is 5.32 Å². The fourth-order valence-electron chi connectivity index (χ4n) is 2.55. The first kappa shape index (κ1) is 15.1. The first-order valence-electron chi connectivity index (χ1n) is 6.68. The molecule has 0 aromatic heterocycles.